The molecule has 2 spiro atoms. The second-order valence-corrected chi connectivity index (χ2v) is 18.7. The van der Waals surface area contributed by atoms with Gasteiger partial charge < -0.3 is 58.4 Å². The number of carbonyl (C=O) groups is 4. The van der Waals surface area contributed by atoms with Gasteiger partial charge in [-0.2, -0.15) is 0 Å². The fraction of sp³-hybridized carbons (Fsp3) is 0.396. The van der Waals surface area contributed by atoms with Gasteiger partial charge in [0.2, 0.25) is 10.9 Å². The largest absolute Gasteiger partial charge is 0.503 e. The summed E-state index contributed by atoms with van der Waals surface area (Å²) < 4.78 is 85.2. The van der Waals surface area contributed by atoms with Gasteiger partial charge in [0.25, 0.3) is 23.6 Å². The van der Waals surface area contributed by atoms with Crippen molar-refractivity contribution in [2.24, 2.45) is 0 Å². The highest BCUT2D eigenvalue weighted by Gasteiger charge is 2.49. The van der Waals surface area contributed by atoms with Gasteiger partial charge in [-0.3, -0.25) is 28.8 Å². The molecule has 3 N–H and O–H groups in total. The lowest BCUT2D eigenvalue weighted by atomic mass is 9.92. The number of ether oxygens (including phenoxy) is 5. The average molecular weight is 1050 g/mol. The van der Waals surface area contributed by atoms with Gasteiger partial charge in [0, 0.05) is 116 Å². The monoisotopic (exact) mass is 1040 g/mol. The number of rotatable bonds is 17. The van der Waals surface area contributed by atoms with E-state index >= 15 is 0 Å². The molecule has 0 saturated carbocycles. The first-order valence-electron chi connectivity index (χ1n) is 24.2. The molecule has 2 fully saturated rings. The molecule has 2 aromatic heterocycles. The minimum atomic E-state index is -1.01. The maximum absolute atomic E-state index is 14.2. The Morgan fingerprint density at radius 1 is 0.667 bits per heavy atom. The van der Waals surface area contributed by atoms with Crippen molar-refractivity contribution in [2.75, 3.05) is 80.0 Å². The van der Waals surface area contributed by atoms with Gasteiger partial charge >= 0.3 is 0 Å². The number of hydrogen-bond acceptors (Lipinski definition) is 12. The number of hydrogen-bond donors (Lipinski definition) is 3. The van der Waals surface area contributed by atoms with Crippen LogP contribution in [-0.2, 0) is 49.7 Å². The summed E-state index contributed by atoms with van der Waals surface area (Å²) in [5.74, 6) is -6.76. The molecule has 4 aliphatic heterocycles. The number of halogens is 4. The van der Waals surface area contributed by atoms with Crippen LogP contribution in [0.1, 0.15) is 84.1 Å². The first kappa shape index (κ1) is 53.9. The number of amides is 4. The first-order chi connectivity index (χ1) is 36.1. The molecule has 2 saturated heterocycles. The normalized spacial score (nSPS) is 18.7. The van der Waals surface area contributed by atoms with Crippen molar-refractivity contribution in [3.8, 4) is 11.5 Å². The van der Waals surface area contributed by atoms with Gasteiger partial charge in [-0.05, 0) is 43.4 Å². The average Bonchev–Trinajstić information content (AvgIpc) is 4.08. The first-order valence-corrected chi connectivity index (χ1v) is 24.2. The molecular formula is C53H56F4N6O12. The topological polar surface area (TPSA) is 209 Å². The van der Waals surface area contributed by atoms with Crippen molar-refractivity contribution in [1.29, 1.82) is 0 Å². The Bertz CT molecular complexity index is 3070. The molecule has 5 aromatic rings. The molecular weight excluding hydrogens is 989 g/mol. The summed E-state index contributed by atoms with van der Waals surface area (Å²) in [4.78, 5) is 83.0. The predicted octanol–water partition coefficient (Wildman–Crippen LogP) is 4.61. The highest BCUT2D eigenvalue weighted by molar-refractivity contribution is 6.00. The Balaban J connectivity index is 0.000000203. The summed E-state index contributed by atoms with van der Waals surface area (Å²) in [5.41, 5.74) is -3.17. The van der Waals surface area contributed by atoms with E-state index in [9.17, 15) is 51.4 Å². The maximum Gasteiger partial charge on any atom is 0.274 e. The Morgan fingerprint density at radius 2 is 1.15 bits per heavy atom. The Kier molecular flexibility index (Phi) is 16.8. The van der Waals surface area contributed by atoms with Crippen LogP contribution < -0.4 is 26.2 Å². The third-order valence-electron chi connectivity index (χ3n) is 13.7. The number of nitrogens with zero attached hydrogens (tertiary/aromatic N) is 4. The third kappa shape index (κ3) is 11.5. The van der Waals surface area contributed by atoms with E-state index in [2.05, 4.69) is 10.6 Å². The zero-order valence-corrected chi connectivity index (χ0v) is 41.3. The van der Waals surface area contributed by atoms with Crippen LogP contribution in [0.15, 0.2) is 88.7 Å². The Labute approximate surface area is 427 Å². The summed E-state index contributed by atoms with van der Waals surface area (Å²) in [5, 5.41) is 15.7. The van der Waals surface area contributed by atoms with Crippen molar-refractivity contribution in [2.45, 2.75) is 56.5 Å². The molecule has 9 rings (SSSR count). The van der Waals surface area contributed by atoms with Gasteiger partial charge in [0.1, 0.15) is 41.0 Å². The molecule has 2 unspecified atom stereocenters. The van der Waals surface area contributed by atoms with Gasteiger partial charge in [-0.1, -0.05) is 42.5 Å². The van der Waals surface area contributed by atoms with E-state index in [-0.39, 0.29) is 79.2 Å². The lowest BCUT2D eigenvalue weighted by molar-refractivity contribution is 0.0466. The molecule has 18 nitrogen and oxygen atoms in total. The van der Waals surface area contributed by atoms with Crippen LogP contribution in [0, 0.1) is 23.3 Å². The molecule has 0 radical (unpaired) electrons. The van der Waals surface area contributed by atoms with Gasteiger partial charge in [-0.25, -0.2) is 17.6 Å². The van der Waals surface area contributed by atoms with E-state index in [4.69, 9.17) is 23.7 Å². The van der Waals surface area contributed by atoms with Crippen molar-refractivity contribution < 1.29 is 65.5 Å². The Hall–Kier alpha value is -7.40. The fourth-order valence-corrected chi connectivity index (χ4v) is 9.69. The van der Waals surface area contributed by atoms with Crippen molar-refractivity contribution in [1.82, 2.24) is 29.6 Å². The molecule has 398 valence electrons. The molecule has 75 heavy (non-hydrogen) atoms. The van der Waals surface area contributed by atoms with Crippen LogP contribution in [0.4, 0.5) is 17.6 Å². The Morgan fingerprint density at radius 3 is 1.61 bits per heavy atom. The number of benzene rings is 3. The van der Waals surface area contributed by atoms with Crippen LogP contribution in [0.3, 0.4) is 0 Å². The predicted molar refractivity (Wildman–Crippen MR) is 261 cm³/mol. The van der Waals surface area contributed by atoms with Gasteiger partial charge in [0.15, 0.2) is 22.9 Å². The number of aromatic nitrogens is 2. The second kappa shape index (κ2) is 23.4. The number of methoxy groups -OCH3 is 2. The molecule has 0 bridgehead atoms. The zero-order valence-electron chi connectivity index (χ0n) is 41.3. The van der Waals surface area contributed by atoms with E-state index in [0.29, 0.717) is 77.8 Å². The maximum atomic E-state index is 14.2. The van der Waals surface area contributed by atoms with E-state index in [1.54, 1.807) is 28.6 Å². The van der Waals surface area contributed by atoms with Crippen molar-refractivity contribution >= 4 is 23.6 Å². The number of aromatic hydroxyl groups is 1. The molecule has 4 amide bonds. The quantitative estimate of drug-likeness (QED) is 0.0862. The van der Waals surface area contributed by atoms with Crippen LogP contribution in [0.25, 0.3) is 0 Å². The zero-order chi connectivity index (χ0) is 53.4. The number of nitrogens with one attached hydrogen (secondary N) is 2. The van der Waals surface area contributed by atoms with Crippen molar-refractivity contribution in [3.05, 3.63) is 162 Å². The van der Waals surface area contributed by atoms with Crippen molar-refractivity contribution in [3.63, 3.8) is 0 Å². The molecule has 4 aliphatic rings. The van der Waals surface area contributed by atoms with E-state index in [1.807, 2.05) is 30.3 Å². The smallest absolute Gasteiger partial charge is 0.274 e. The minimum Gasteiger partial charge on any atom is -0.503 e. The lowest BCUT2D eigenvalue weighted by Crippen LogP contribution is -2.56. The summed E-state index contributed by atoms with van der Waals surface area (Å²) in [6.45, 7) is 3.09. The second-order valence-electron chi connectivity index (χ2n) is 18.7. The highest BCUT2D eigenvalue weighted by Crippen LogP contribution is 2.39. The standard InChI is InChI=1S/C30H31F2N3O6.C23H25F2N3O6/c1-39-12-5-11-34-18-30(10-13-40-19-30)35-16-23(28(37)33-15-21-8-9-22(31)14-24(21)32)26(36)27(25(35)29(34)38)41-17-20-6-3-2-4-7-20;1-33-7-2-6-27-12-23(5-8-34-13-23)28-11-16(19(29)20(30)18(28)22(27)32)21(31)26-10-14-3-4-15(24)9-17(14)25/h2-4,6-9,14,16H,5,10-13,15,17-19H2,1H3,(H,33,37);3-4,9,11,30H,2,5-8,10,12-13H2,1H3,(H,26,31). The molecule has 0 aliphatic carbocycles. The summed E-state index contributed by atoms with van der Waals surface area (Å²) in [6, 6.07) is 15.1. The van der Waals surface area contributed by atoms with E-state index in [0.717, 1.165) is 23.8 Å². The molecule has 2 atom stereocenters. The van der Waals surface area contributed by atoms with E-state index < -0.39 is 74.2 Å². The number of carbonyl (C=O) groups excluding carboxylic acids is 4. The molecule has 22 heteroatoms. The van der Waals surface area contributed by atoms with Crippen LogP contribution >= 0.6 is 0 Å². The van der Waals surface area contributed by atoms with Gasteiger partial charge in [0.05, 0.1) is 24.3 Å². The number of fused-ring (bicyclic) bond motifs is 4. The minimum absolute atomic E-state index is 0.00457. The van der Waals surface area contributed by atoms with Crippen LogP contribution in [-0.4, -0.2) is 128 Å². The highest BCUT2D eigenvalue weighted by atomic mass is 19.1. The molecule has 3 aromatic carbocycles. The lowest BCUT2D eigenvalue weighted by Gasteiger charge is -2.43. The number of pyridine rings is 2. The summed E-state index contributed by atoms with van der Waals surface area (Å²) in [6.07, 6.45) is 4.87. The molecule has 6 heterocycles. The SMILES string of the molecule is COCCCN1CC2(CCOC2)n2cc(C(=O)NCc3ccc(F)cc3F)c(=O)c(O)c2C1=O.COCCCN1CC2(CCOC2)n2cc(C(=O)NCc3ccc(F)cc3F)c(=O)c(OCc3ccccc3)c2C1=O. The third-order valence-corrected chi connectivity index (χ3v) is 13.7. The van der Waals surface area contributed by atoms with Gasteiger partial charge in [-0.15, -0.1) is 0 Å². The van der Waals surface area contributed by atoms with Crippen LogP contribution in [0.5, 0.6) is 11.5 Å². The van der Waals surface area contributed by atoms with E-state index in [1.165, 1.54) is 29.1 Å². The van der Waals surface area contributed by atoms with Crippen LogP contribution in [0.2, 0.25) is 0 Å². The summed E-state index contributed by atoms with van der Waals surface area (Å²) >= 11 is 0. The fourth-order valence-electron chi connectivity index (χ4n) is 9.69. The summed E-state index contributed by atoms with van der Waals surface area (Å²) in [7, 11) is 3.15.